The summed E-state index contributed by atoms with van der Waals surface area (Å²) in [5, 5.41) is 1.64. The summed E-state index contributed by atoms with van der Waals surface area (Å²) in [5.41, 5.74) is 7.33. The molecule has 0 radical (unpaired) electrons. The maximum Gasteiger partial charge on any atom is 0.140 e. The van der Waals surface area contributed by atoms with Gasteiger partial charge in [-0.05, 0) is 30.3 Å². The smallest absolute Gasteiger partial charge is 0.140 e. The van der Waals surface area contributed by atoms with Crippen molar-refractivity contribution >= 4 is 38.8 Å². The molecule has 2 N–H and O–H groups in total. The molecule has 0 saturated carbocycles. The highest BCUT2D eigenvalue weighted by molar-refractivity contribution is 7.18. The van der Waals surface area contributed by atoms with E-state index in [0.717, 1.165) is 26.0 Å². The first kappa shape index (κ1) is 12.3. The molecule has 1 aromatic heterocycles. The molecule has 0 aliphatic rings. The van der Waals surface area contributed by atoms with Gasteiger partial charge in [-0.2, -0.15) is 0 Å². The van der Waals surface area contributed by atoms with Crippen LogP contribution in [-0.2, 0) is 6.61 Å². The third-order valence-corrected chi connectivity index (χ3v) is 3.84. The van der Waals surface area contributed by atoms with Gasteiger partial charge in [-0.25, -0.2) is 4.98 Å². The molecular weight excluding hydrogens is 280 g/mol. The molecule has 0 bridgehead atoms. The number of hydrogen-bond acceptors (Lipinski definition) is 4. The molecule has 0 saturated heterocycles. The highest BCUT2D eigenvalue weighted by Gasteiger charge is 2.05. The number of nitrogens with zero attached hydrogens (tertiary/aromatic N) is 1. The molecule has 2 aromatic carbocycles. The molecule has 0 fully saturated rings. The van der Waals surface area contributed by atoms with Crippen molar-refractivity contribution in [3.8, 4) is 5.75 Å². The number of benzene rings is 2. The molecule has 96 valence electrons. The quantitative estimate of drug-likeness (QED) is 0.738. The van der Waals surface area contributed by atoms with Gasteiger partial charge in [-0.3, -0.25) is 0 Å². The second-order valence-corrected chi connectivity index (χ2v) is 5.63. The van der Waals surface area contributed by atoms with Crippen LogP contribution in [0.2, 0.25) is 5.02 Å². The first-order valence-electron chi connectivity index (χ1n) is 5.74. The number of hydrogen-bond donors (Lipinski definition) is 1. The van der Waals surface area contributed by atoms with Gasteiger partial charge in [0.05, 0.1) is 10.2 Å². The van der Waals surface area contributed by atoms with Crippen LogP contribution < -0.4 is 10.5 Å². The Morgan fingerprint density at radius 3 is 2.95 bits per heavy atom. The SMILES string of the molecule is Nc1cccc(OCc2nc3ccc(Cl)cc3s2)c1. The van der Waals surface area contributed by atoms with Crippen molar-refractivity contribution in [1.29, 1.82) is 0 Å². The molecular formula is C14H11ClN2OS. The summed E-state index contributed by atoms with van der Waals surface area (Å²) in [6.07, 6.45) is 0. The van der Waals surface area contributed by atoms with Crippen LogP contribution in [0.15, 0.2) is 42.5 Å². The predicted molar refractivity (Wildman–Crippen MR) is 79.8 cm³/mol. The largest absolute Gasteiger partial charge is 0.486 e. The van der Waals surface area contributed by atoms with Gasteiger partial charge in [-0.15, -0.1) is 11.3 Å². The van der Waals surface area contributed by atoms with E-state index < -0.39 is 0 Å². The molecule has 0 amide bonds. The highest BCUT2D eigenvalue weighted by Crippen LogP contribution is 2.26. The summed E-state index contributed by atoms with van der Waals surface area (Å²) < 4.78 is 6.74. The van der Waals surface area contributed by atoms with Gasteiger partial charge in [0.25, 0.3) is 0 Å². The molecule has 3 aromatic rings. The Kier molecular flexibility index (Phi) is 3.27. The predicted octanol–water partition coefficient (Wildman–Crippen LogP) is 4.11. The van der Waals surface area contributed by atoms with E-state index in [1.807, 2.05) is 36.4 Å². The van der Waals surface area contributed by atoms with Gasteiger partial charge < -0.3 is 10.5 Å². The lowest BCUT2D eigenvalue weighted by molar-refractivity contribution is 0.306. The van der Waals surface area contributed by atoms with Crippen LogP contribution in [0.4, 0.5) is 5.69 Å². The number of aromatic nitrogens is 1. The molecule has 19 heavy (non-hydrogen) atoms. The summed E-state index contributed by atoms with van der Waals surface area (Å²) in [5.74, 6) is 0.747. The monoisotopic (exact) mass is 290 g/mol. The van der Waals surface area contributed by atoms with E-state index in [1.54, 1.807) is 17.4 Å². The number of nitrogens with two attached hydrogens (primary N) is 1. The molecule has 3 rings (SSSR count). The fourth-order valence-corrected chi connectivity index (χ4v) is 2.91. The lowest BCUT2D eigenvalue weighted by Crippen LogP contribution is -1.95. The summed E-state index contributed by atoms with van der Waals surface area (Å²) in [7, 11) is 0. The molecule has 5 heteroatoms. The molecule has 0 atom stereocenters. The van der Waals surface area contributed by atoms with Gasteiger partial charge in [0.15, 0.2) is 0 Å². The first-order chi connectivity index (χ1) is 9.20. The zero-order valence-electron chi connectivity index (χ0n) is 9.97. The average Bonchev–Trinajstić information content (AvgIpc) is 2.78. The van der Waals surface area contributed by atoms with Crippen LogP contribution in [0.1, 0.15) is 5.01 Å². The average molecular weight is 291 g/mol. The Hall–Kier alpha value is -1.78. The van der Waals surface area contributed by atoms with E-state index in [-0.39, 0.29) is 0 Å². The minimum atomic E-state index is 0.431. The lowest BCUT2D eigenvalue weighted by atomic mass is 10.3. The zero-order valence-corrected chi connectivity index (χ0v) is 11.5. The van der Waals surface area contributed by atoms with E-state index in [1.165, 1.54) is 0 Å². The summed E-state index contributed by atoms with van der Waals surface area (Å²) in [4.78, 5) is 4.49. The second kappa shape index (κ2) is 5.07. The van der Waals surface area contributed by atoms with Gasteiger partial charge in [0.1, 0.15) is 17.4 Å². The lowest BCUT2D eigenvalue weighted by Gasteiger charge is -2.03. The Balaban J connectivity index is 1.78. The fraction of sp³-hybridized carbons (Fsp3) is 0.0714. The van der Waals surface area contributed by atoms with Crippen LogP contribution in [0.3, 0.4) is 0 Å². The molecule has 3 nitrogen and oxygen atoms in total. The van der Waals surface area contributed by atoms with Crippen LogP contribution in [-0.4, -0.2) is 4.98 Å². The number of rotatable bonds is 3. The maximum absolute atomic E-state index is 5.95. The number of thiazole rings is 1. The van der Waals surface area contributed by atoms with Gasteiger partial charge in [0, 0.05) is 16.8 Å². The highest BCUT2D eigenvalue weighted by atomic mass is 35.5. The van der Waals surface area contributed by atoms with E-state index >= 15 is 0 Å². The van der Waals surface area contributed by atoms with Gasteiger partial charge >= 0.3 is 0 Å². The van der Waals surface area contributed by atoms with Crippen LogP contribution in [0.25, 0.3) is 10.2 Å². The number of ether oxygens (including phenoxy) is 1. The molecule has 0 spiro atoms. The Morgan fingerprint density at radius 1 is 1.21 bits per heavy atom. The molecule has 0 aliphatic heterocycles. The zero-order chi connectivity index (χ0) is 13.2. The van der Waals surface area contributed by atoms with Crippen molar-refractivity contribution in [3.05, 3.63) is 52.5 Å². The maximum atomic E-state index is 5.95. The summed E-state index contributed by atoms with van der Waals surface area (Å²) in [6.45, 7) is 0.431. The summed E-state index contributed by atoms with van der Waals surface area (Å²) >= 11 is 7.54. The standard InChI is InChI=1S/C14H11ClN2OS/c15-9-4-5-12-13(6-9)19-14(17-12)8-18-11-3-1-2-10(16)7-11/h1-7H,8,16H2. The Labute approximate surface area is 119 Å². The van der Waals surface area contributed by atoms with Crippen molar-refractivity contribution in [1.82, 2.24) is 4.98 Å². The third kappa shape index (κ3) is 2.80. The number of nitrogen functional groups attached to an aromatic ring is 1. The van der Waals surface area contributed by atoms with Crippen molar-refractivity contribution in [2.45, 2.75) is 6.61 Å². The molecule has 0 unspecified atom stereocenters. The third-order valence-electron chi connectivity index (χ3n) is 2.62. The van der Waals surface area contributed by atoms with Crippen LogP contribution >= 0.6 is 22.9 Å². The van der Waals surface area contributed by atoms with Crippen molar-refractivity contribution in [3.63, 3.8) is 0 Å². The Morgan fingerprint density at radius 2 is 2.11 bits per heavy atom. The van der Waals surface area contributed by atoms with Gasteiger partial charge in [0.2, 0.25) is 0 Å². The number of fused-ring (bicyclic) bond motifs is 1. The van der Waals surface area contributed by atoms with Crippen molar-refractivity contribution < 1.29 is 4.74 Å². The van der Waals surface area contributed by atoms with Crippen molar-refractivity contribution in [2.75, 3.05) is 5.73 Å². The van der Waals surface area contributed by atoms with E-state index in [4.69, 9.17) is 22.1 Å². The van der Waals surface area contributed by atoms with E-state index in [2.05, 4.69) is 4.98 Å². The van der Waals surface area contributed by atoms with E-state index in [0.29, 0.717) is 12.3 Å². The Bertz CT molecular complexity index is 726. The molecule has 1 heterocycles. The minimum Gasteiger partial charge on any atom is -0.486 e. The van der Waals surface area contributed by atoms with Crippen LogP contribution in [0, 0.1) is 0 Å². The molecule has 0 aliphatic carbocycles. The first-order valence-corrected chi connectivity index (χ1v) is 6.93. The fourth-order valence-electron chi connectivity index (χ4n) is 1.76. The topological polar surface area (TPSA) is 48.1 Å². The number of halogens is 1. The second-order valence-electron chi connectivity index (χ2n) is 4.08. The van der Waals surface area contributed by atoms with Crippen molar-refractivity contribution in [2.24, 2.45) is 0 Å². The van der Waals surface area contributed by atoms with E-state index in [9.17, 15) is 0 Å². The normalized spacial score (nSPS) is 10.8. The minimum absolute atomic E-state index is 0.431. The van der Waals surface area contributed by atoms with Crippen LogP contribution in [0.5, 0.6) is 5.75 Å². The summed E-state index contributed by atoms with van der Waals surface area (Å²) in [6, 6.07) is 13.0. The number of anilines is 1. The van der Waals surface area contributed by atoms with Gasteiger partial charge in [-0.1, -0.05) is 17.7 Å².